The molecule has 1 aromatic heterocycles. The van der Waals surface area contributed by atoms with Crippen molar-refractivity contribution in [1.82, 2.24) is 21.2 Å². The summed E-state index contributed by atoms with van der Waals surface area (Å²) in [5, 5.41) is 5.72. The molecule has 0 aliphatic heterocycles. The lowest BCUT2D eigenvalue weighted by atomic mass is 10.2. The van der Waals surface area contributed by atoms with Gasteiger partial charge in [-0.15, -0.1) is 11.3 Å². The maximum atomic E-state index is 12.3. The predicted molar refractivity (Wildman–Crippen MR) is 111 cm³/mol. The van der Waals surface area contributed by atoms with Crippen molar-refractivity contribution in [3.8, 4) is 10.6 Å². The number of hydrogen-bond donors (Lipinski definition) is 4. The predicted octanol–water partition coefficient (Wildman–Crippen LogP) is 2.70. The lowest BCUT2D eigenvalue weighted by molar-refractivity contribution is -0.120. The van der Waals surface area contributed by atoms with E-state index in [-0.39, 0.29) is 6.54 Å². The normalized spacial score (nSPS) is 10.1. The molecule has 29 heavy (non-hydrogen) atoms. The molecule has 0 unspecified atom stereocenters. The number of hydrazine groups is 1. The van der Waals surface area contributed by atoms with Gasteiger partial charge in [-0.1, -0.05) is 48.5 Å². The molecule has 148 valence electrons. The van der Waals surface area contributed by atoms with Gasteiger partial charge in [0.2, 0.25) is 0 Å². The van der Waals surface area contributed by atoms with Crippen molar-refractivity contribution in [3.05, 3.63) is 71.2 Å². The largest absolute Gasteiger partial charge is 0.329 e. The molecule has 8 nitrogen and oxygen atoms in total. The van der Waals surface area contributed by atoms with Crippen LogP contribution in [0, 0.1) is 6.92 Å². The van der Waals surface area contributed by atoms with E-state index in [9.17, 15) is 14.4 Å². The van der Waals surface area contributed by atoms with Crippen LogP contribution in [0.1, 0.15) is 15.4 Å². The van der Waals surface area contributed by atoms with Crippen LogP contribution in [0.25, 0.3) is 10.6 Å². The Balaban J connectivity index is 1.47. The zero-order valence-electron chi connectivity index (χ0n) is 15.6. The molecule has 4 amide bonds. The Labute approximate surface area is 171 Å². The van der Waals surface area contributed by atoms with Crippen LogP contribution in [0.15, 0.2) is 60.7 Å². The number of aromatic nitrogens is 1. The van der Waals surface area contributed by atoms with E-state index in [1.54, 1.807) is 31.2 Å². The first-order valence-corrected chi connectivity index (χ1v) is 9.56. The Morgan fingerprint density at radius 1 is 0.931 bits per heavy atom. The lowest BCUT2D eigenvalue weighted by Gasteiger charge is -2.09. The van der Waals surface area contributed by atoms with Crippen molar-refractivity contribution in [2.45, 2.75) is 6.92 Å². The highest BCUT2D eigenvalue weighted by Gasteiger charge is 2.17. The fraction of sp³-hybridized carbons (Fsp3) is 0.100. The zero-order valence-corrected chi connectivity index (χ0v) is 16.4. The van der Waals surface area contributed by atoms with E-state index in [1.807, 2.05) is 36.4 Å². The number of carbonyl (C=O) groups is 3. The second kappa shape index (κ2) is 9.47. The molecule has 0 radical (unpaired) electrons. The van der Waals surface area contributed by atoms with Crippen LogP contribution in [-0.4, -0.2) is 29.4 Å². The number of nitrogens with zero attached hydrogens (tertiary/aromatic N) is 1. The zero-order chi connectivity index (χ0) is 20.6. The van der Waals surface area contributed by atoms with E-state index in [1.165, 1.54) is 11.3 Å². The summed E-state index contributed by atoms with van der Waals surface area (Å²) in [6.07, 6.45) is 0. The van der Waals surface area contributed by atoms with Crippen LogP contribution in [-0.2, 0) is 4.79 Å². The second-order valence-corrected chi connectivity index (χ2v) is 6.97. The minimum atomic E-state index is -0.563. The van der Waals surface area contributed by atoms with E-state index in [2.05, 4.69) is 26.5 Å². The van der Waals surface area contributed by atoms with E-state index >= 15 is 0 Å². The van der Waals surface area contributed by atoms with Gasteiger partial charge in [-0.25, -0.2) is 9.78 Å². The topological polar surface area (TPSA) is 112 Å². The van der Waals surface area contributed by atoms with Crippen molar-refractivity contribution in [2.75, 3.05) is 11.9 Å². The summed E-state index contributed by atoms with van der Waals surface area (Å²) in [7, 11) is 0. The number of amides is 4. The third kappa shape index (κ3) is 5.63. The molecule has 0 spiro atoms. The van der Waals surface area contributed by atoms with E-state index < -0.39 is 17.8 Å². The number of anilines is 1. The van der Waals surface area contributed by atoms with Crippen molar-refractivity contribution >= 4 is 34.9 Å². The van der Waals surface area contributed by atoms with Gasteiger partial charge in [0.1, 0.15) is 16.4 Å². The highest BCUT2D eigenvalue weighted by atomic mass is 32.1. The van der Waals surface area contributed by atoms with Crippen molar-refractivity contribution < 1.29 is 14.4 Å². The Hall–Kier alpha value is -3.72. The first-order chi connectivity index (χ1) is 14.0. The van der Waals surface area contributed by atoms with E-state index in [0.717, 1.165) is 10.6 Å². The monoisotopic (exact) mass is 409 g/mol. The standard InChI is InChI=1S/C20H19N5O3S/c1-13-17(29-19(22-13)14-8-4-2-5-9-14)18(27)25-24-16(26)12-21-20(28)23-15-10-6-3-7-11-15/h2-11H,12H2,1H3,(H,24,26)(H,25,27)(H2,21,23,28). The molecule has 9 heteroatoms. The average Bonchev–Trinajstić information content (AvgIpc) is 3.13. The Morgan fingerprint density at radius 2 is 1.59 bits per heavy atom. The number of aryl methyl sites for hydroxylation is 1. The van der Waals surface area contributed by atoms with Gasteiger partial charge in [0.25, 0.3) is 11.8 Å². The highest BCUT2D eigenvalue weighted by Crippen LogP contribution is 2.27. The third-order valence-corrected chi connectivity index (χ3v) is 4.99. The summed E-state index contributed by atoms with van der Waals surface area (Å²) in [6, 6.07) is 17.8. The fourth-order valence-electron chi connectivity index (χ4n) is 2.40. The number of para-hydroxylation sites is 1. The summed E-state index contributed by atoms with van der Waals surface area (Å²) < 4.78 is 0. The molecule has 0 bridgehead atoms. The third-order valence-electron chi connectivity index (χ3n) is 3.78. The maximum absolute atomic E-state index is 12.3. The summed E-state index contributed by atoms with van der Waals surface area (Å²) in [5.74, 6) is -1.03. The van der Waals surface area contributed by atoms with Gasteiger partial charge < -0.3 is 10.6 Å². The minimum absolute atomic E-state index is 0.296. The smallest absolute Gasteiger partial charge is 0.319 e. The molecule has 0 saturated heterocycles. The quantitative estimate of drug-likeness (QED) is 0.485. The molecule has 0 fully saturated rings. The molecule has 0 atom stereocenters. The number of carbonyl (C=O) groups excluding carboxylic acids is 3. The number of nitrogens with one attached hydrogen (secondary N) is 4. The van der Waals surface area contributed by atoms with Crippen LogP contribution >= 0.6 is 11.3 Å². The Bertz CT molecular complexity index is 1010. The molecule has 2 aromatic carbocycles. The van der Waals surface area contributed by atoms with Crippen molar-refractivity contribution in [2.24, 2.45) is 0 Å². The van der Waals surface area contributed by atoms with Gasteiger partial charge in [-0.2, -0.15) is 0 Å². The van der Waals surface area contributed by atoms with Gasteiger partial charge in [-0.3, -0.25) is 20.4 Å². The second-order valence-electron chi connectivity index (χ2n) is 5.98. The van der Waals surface area contributed by atoms with E-state index in [4.69, 9.17) is 0 Å². The average molecular weight is 409 g/mol. The molecule has 4 N–H and O–H groups in total. The summed E-state index contributed by atoms with van der Waals surface area (Å²) >= 11 is 1.24. The highest BCUT2D eigenvalue weighted by molar-refractivity contribution is 7.17. The van der Waals surface area contributed by atoms with E-state index in [0.29, 0.717) is 16.3 Å². The van der Waals surface area contributed by atoms with Gasteiger partial charge in [0.15, 0.2) is 0 Å². The van der Waals surface area contributed by atoms with Gasteiger partial charge in [-0.05, 0) is 19.1 Å². The van der Waals surface area contributed by atoms with Crippen molar-refractivity contribution in [1.29, 1.82) is 0 Å². The SMILES string of the molecule is Cc1nc(-c2ccccc2)sc1C(=O)NNC(=O)CNC(=O)Nc1ccccc1. The van der Waals surface area contributed by atoms with Crippen LogP contribution in [0.4, 0.5) is 10.5 Å². The van der Waals surface area contributed by atoms with Gasteiger partial charge in [0, 0.05) is 11.3 Å². The molecular formula is C20H19N5O3S. The molecule has 1 heterocycles. The van der Waals surface area contributed by atoms with Crippen LogP contribution in [0.3, 0.4) is 0 Å². The first kappa shape index (κ1) is 20.0. The fourth-order valence-corrected chi connectivity index (χ4v) is 3.36. The number of thiazole rings is 1. The summed E-state index contributed by atoms with van der Waals surface area (Å²) in [5.41, 5.74) is 6.70. The number of benzene rings is 2. The number of urea groups is 1. The van der Waals surface area contributed by atoms with Crippen LogP contribution < -0.4 is 21.5 Å². The number of rotatable bonds is 5. The minimum Gasteiger partial charge on any atom is -0.329 e. The maximum Gasteiger partial charge on any atom is 0.319 e. The first-order valence-electron chi connectivity index (χ1n) is 8.75. The summed E-state index contributed by atoms with van der Waals surface area (Å²) in [6.45, 7) is 1.44. The molecule has 3 aromatic rings. The molecule has 0 aliphatic rings. The summed E-state index contributed by atoms with van der Waals surface area (Å²) in [4.78, 5) is 40.8. The Morgan fingerprint density at radius 3 is 2.28 bits per heavy atom. The van der Waals surface area contributed by atoms with Crippen molar-refractivity contribution in [3.63, 3.8) is 0 Å². The van der Waals surface area contributed by atoms with Gasteiger partial charge >= 0.3 is 6.03 Å². The number of hydrogen-bond acceptors (Lipinski definition) is 5. The Kier molecular flexibility index (Phi) is 6.54. The molecule has 0 saturated carbocycles. The molecular weight excluding hydrogens is 390 g/mol. The van der Waals surface area contributed by atoms with Crippen LogP contribution in [0.2, 0.25) is 0 Å². The van der Waals surface area contributed by atoms with Gasteiger partial charge in [0.05, 0.1) is 5.69 Å². The molecule has 0 aliphatic carbocycles. The lowest BCUT2D eigenvalue weighted by Crippen LogP contribution is -2.46. The molecule has 3 rings (SSSR count). The van der Waals surface area contributed by atoms with Crippen LogP contribution in [0.5, 0.6) is 0 Å².